The van der Waals surface area contributed by atoms with Crippen LogP contribution in [0.3, 0.4) is 0 Å². The Morgan fingerprint density at radius 3 is 2.53 bits per heavy atom. The fourth-order valence-electron chi connectivity index (χ4n) is 1.19. The number of hydrogen-bond donors (Lipinski definition) is 1. The second kappa shape index (κ2) is 5.85. The summed E-state index contributed by atoms with van der Waals surface area (Å²) in [6.07, 6.45) is 0. The van der Waals surface area contributed by atoms with Crippen molar-refractivity contribution in [2.45, 2.75) is 20.5 Å². The van der Waals surface area contributed by atoms with Gasteiger partial charge in [0.15, 0.2) is 0 Å². The van der Waals surface area contributed by atoms with Gasteiger partial charge in [-0.15, -0.1) is 0 Å². The molecule has 0 aromatic heterocycles. The minimum absolute atomic E-state index is 0.128. The van der Waals surface area contributed by atoms with E-state index in [0.29, 0.717) is 13.2 Å². The van der Waals surface area contributed by atoms with Crippen LogP contribution in [0.25, 0.3) is 0 Å². The topological polar surface area (TPSA) is 9.23 Å². The highest BCUT2D eigenvalue weighted by molar-refractivity contribution is 7.85. The van der Waals surface area contributed by atoms with Crippen LogP contribution >= 0.6 is 12.6 Å². The molecule has 0 aliphatic heterocycles. The third-order valence-electron chi connectivity index (χ3n) is 1.97. The van der Waals surface area contributed by atoms with E-state index in [9.17, 15) is 0 Å². The third-order valence-corrected chi connectivity index (χ3v) is 2.08. The molecule has 1 aromatic carbocycles. The molecule has 0 atom stereocenters. The second-order valence-electron chi connectivity index (χ2n) is 4.10. The molecule has 1 nitrogen and oxygen atoms in total. The summed E-state index contributed by atoms with van der Waals surface area (Å²) in [6, 6.07) is 10.1. The van der Waals surface area contributed by atoms with Gasteiger partial charge in [-0.3, -0.25) is 0 Å². The first kappa shape index (κ1) is 12.2. The van der Waals surface area contributed by atoms with Crippen LogP contribution in [0.15, 0.2) is 30.3 Å². The summed E-state index contributed by atoms with van der Waals surface area (Å²) in [5.41, 5.74) is 1.06. The lowest BCUT2D eigenvalue weighted by molar-refractivity contribution is 0.0753. The summed E-state index contributed by atoms with van der Waals surface area (Å²) in [6.45, 7) is 5.34. The van der Waals surface area contributed by atoms with Crippen molar-refractivity contribution in [1.29, 1.82) is 0 Å². The van der Waals surface area contributed by atoms with Crippen LogP contribution in [0.1, 0.15) is 19.4 Å². The third kappa shape index (κ3) is 4.92. The van der Waals surface area contributed by atoms with Gasteiger partial charge in [-0.1, -0.05) is 48.9 Å². The van der Waals surface area contributed by atoms with Crippen molar-refractivity contribution < 1.29 is 4.74 Å². The van der Waals surface area contributed by atoms with Gasteiger partial charge in [-0.25, -0.2) is 0 Å². The maximum Gasteiger partial charge on any atom is 0.0717 e. The summed E-state index contributed by atoms with van der Waals surface area (Å²) in [5, 5.41) is 2.62. The SMILES string of the molecule is CC(C)(C#CS)COCc1ccccc1. The van der Waals surface area contributed by atoms with Crippen LogP contribution in [0, 0.1) is 16.6 Å². The first-order valence-electron chi connectivity index (χ1n) is 4.92. The van der Waals surface area contributed by atoms with Crippen LogP contribution in [0.2, 0.25) is 0 Å². The molecule has 0 amide bonds. The van der Waals surface area contributed by atoms with Crippen LogP contribution in [0.5, 0.6) is 0 Å². The van der Waals surface area contributed by atoms with Crippen molar-refractivity contribution in [2.75, 3.05) is 6.61 Å². The smallest absolute Gasteiger partial charge is 0.0717 e. The summed E-state index contributed by atoms with van der Waals surface area (Å²) in [4.78, 5) is 0. The van der Waals surface area contributed by atoms with E-state index >= 15 is 0 Å². The van der Waals surface area contributed by atoms with Crippen LogP contribution in [-0.2, 0) is 11.3 Å². The van der Waals surface area contributed by atoms with Gasteiger partial charge in [0.25, 0.3) is 0 Å². The van der Waals surface area contributed by atoms with Crippen LogP contribution in [0.4, 0.5) is 0 Å². The summed E-state index contributed by atoms with van der Waals surface area (Å²) in [7, 11) is 0. The maximum atomic E-state index is 5.60. The Balaban J connectivity index is 2.36. The Morgan fingerprint density at radius 2 is 1.93 bits per heavy atom. The monoisotopic (exact) mass is 220 g/mol. The first-order chi connectivity index (χ1) is 7.14. The number of hydrogen-bond acceptors (Lipinski definition) is 2. The quantitative estimate of drug-likeness (QED) is 0.606. The van der Waals surface area contributed by atoms with Crippen molar-refractivity contribution in [3.05, 3.63) is 35.9 Å². The number of ether oxygens (including phenoxy) is 1. The normalized spacial score (nSPS) is 10.6. The molecule has 0 saturated carbocycles. The molecular weight excluding hydrogens is 204 g/mol. The molecule has 0 heterocycles. The molecule has 0 saturated heterocycles. The van der Waals surface area contributed by atoms with Gasteiger partial charge in [-0.05, 0) is 24.7 Å². The Bertz CT molecular complexity index is 346. The van der Waals surface area contributed by atoms with E-state index in [1.54, 1.807) is 0 Å². The number of benzene rings is 1. The van der Waals surface area contributed by atoms with Crippen molar-refractivity contribution in [1.82, 2.24) is 0 Å². The fraction of sp³-hybridized carbons (Fsp3) is 0.385. The summed E-state index contributed by atoms with van der Waals surface area (Å²) in [5.74, 6) is 3.00. The molecule has 0 fully saturated rings. The Labute approximate surface area is 97.3 Å². The molecule has 0 radical (unpaired) electrons. The zero-order valence-electron chi connectivity index (χ0n) is 9.16. The van der Waals surface area contributed by atoms with Gasteiger partial charge >= 0.3 is 0 Å². The van der Waals surface area contributed by atoms with Crippen molar-refractivity contribution >= 4 is 12.6 Å². The predicted octanol–water partition coefficient (Wildman–Crippen LogP) is 3.12. The van der Waals surface area contributed by atoms with E-state index < -0.39 is 0 Å². The molecule has 1 rings (SSSR count). The van der Waals surface area contributed by atoms with Crippen molar-refractivity contribution in [3.63, 3.8) is 0 Å². The summed E-state index contributed by atoms with van der Waals surface area (Å²) >= 11 is 3.89. The van der Waals surface area contributed by atoms with E-state index in [1.807, 2.05) is 32.0 Å². The molecule has 0 aliphatic rings. The van der Waals surface area contributed by atoms with Gasteiger partial charge in [0.2, 0.25) is 0 Å². The van der Waals surface area contributed by atoms with Gasteiger partial charge in [0.1, 0.15) is 0 Å². The molecule has 80 valence electrons. The lowest BCUT2D eigenvalue weighted by Crippen LogP contribution is -2.16. The van der Waals surface area contributed by atoms with Crippen molar-refractivity contribution in [3.8, 4) is 11.2 Å². The molecule has 1 aromatic rings. The van der Waals surface area contributed by atoms with Gasteiger partial charge in [0, 0.05) is 0 Å². The molecule has 15 heavy (non-hydrogen) atoms. The predicted molar refractivity (Wildman–Crippen MR) is 66.6 cm³/mol. The van der Waals surface area contributed by atoms with E-state index in [-0.39, 0.29) is 5.41 Å². The lowest BCUT2D eigenvalue weighted by Gasteiger charge is -2.17. The van der Waals surface area contributed by atoms with Crippen LogP contribution in [-0.4, -0.2) is 6.61 Å². The van der Waals surface area contributed by atoms with E-state index in [0.717, 1.165) is 0 Å². The van der Waals surface area contributed by atoms with Gasteiger partial charge in [0.05, 0.1) is 18.6 Å². The molecule has 0 spiro atoms. The Kier molecular flexibility index (Phi) is 4.74. The minimum atomic E-state index is -0.128. The summed E-state index contributed by atoms with van der Waals surface area (Å²) < 4.78 is 5.60. The van der Waals surface area contributed by atoms with Crippen molar-refractivity contribution in [2.24, 2.45) is 5.41 Å². The zero-order chi connectivity index (χ0) is 11.1. The molecular formula is C13H16OS. The molecule has 0 aliphatic carbocycles. The Hall–Kier alpha value is -0.910. The van der Waals surface area contributed by atoms with Crippen LogP contribution < -0.4 is 0 Å². The highest BCUT2D eigenvalue weighted by atomic mass is 32.1. The highest BCUT2D eigenvalue weighted by Gasteiger charge is 2.14. The van der Waals surface area contributed by atoms with Gasteiger partial charge in [-0.2, -0.15) is 0 Å². The van der Waals surface area contributed by atoms with E-state index in [4.69, 9.17) is 4.74 Å². The lowest BCUT2D eigenvalue weighted by atomic mass is 9.97. The molecule has 0 unspecified atom stereocenters. The second-order valence-corrected chi connectivity index (χ2v) is 4.32. The highest BCUT2D eigenvalue weighted by Crippen LogP contribution is 2.14. The maximum absolute atomic E-state index is 5.60. The largest absolute Gasteiger partial charge is 0.375 e. The standard InChI is InChI=1S/C13H16OS/c1-13(2,8-9-15)11-14-10-12-6-4-3-5-7-12/h3-7,15H,10-11H2,1-2H3. The zero-order valence-corrected chi connectivity index (χ0v) is 10.1. The number of thiol groups is 1. The number of rotatable bonds is 4. The minimum Gasteiger partial charge on any atom is -0.375 e. The molecule has 0 bridgehead atoms. The van der Waals surface area contributed by atoms with Gasteiger partial charge < -0.3 is 4.74 Å². The van der Waals surface area contributed by atoms with E-state index in [1.165, 1.54) is 5.56 Å². The average molecular weight is 220 g/mol. The molecule has 2 heteroatoms. The first-order valence-corrected chi connectivity index (χ1v) is 5.37. The average Bonchev–Trinajstić information content (AvgIpc) is 2.19. The van der Waals surface area contributed by atoms with E-state index in [2.05, 4.69) is 35.9 Å². The fourth-order valence-corrected chi connectivity index (χ4v) is 1.49. The molecule has 0 N–H and O–H groups in total. The Morgan fingerprint density at radius 1 is 1.27 bits per heavy atom.